The van der Waals surface area contributed by atoms with Crippen LogP contribution in [0.3, 0.4) is 0 Å². The molecule has 2 N–H and O–H groups in total. The Balaban J connectivity index is 1.39. The first kappa shape index (κ1) is 59.9. The first-order chi connectivity index (χ1) is 35.3. The first-order valence-corrected chi connectivity index (χ1v) is 26.1. The Morgan fingerprint density at radius 3 is 1.53 bits per heavy atom. The number of rotatable bonds is 20. The van der Waals surface area contributed by atoms with Gasteiger partial charge in [0.2, 0.25) is 11.8 Å². The minimum Gasteiger partial charge on any atom is -0.443 e. The quantitative estimate of drug-likeness (QED) is 0.0243. The molecular formula is C54H70N4O17S. The molecule has 22 heteroatoms. The zero-order chi connectivity index (χ0) is 56.2. The fourth-order valence-electron chi connectivity index (χ4n) is 7.22. The molecule has 0 unspecified atom stereocenters. The van der Waals surface area contributed by atoms with Crippen LogP contribution in [0.4, 0.5) is 19.2 Å². The zero-order valence-electron chi connectivity index (χ0n) is 45.2. The van der Waals surface area contributed by atoms with Gasteiger partial charge < -0.3 is 48.5 Å². The number of carbonyl (C=O) groups excluding carboxylic acids is 6. The summed E-state index contributed by atoms with van der Waals surface area (Å²) in [6, 6.07) is 16.3. The van der Waals surface area contributed by atoms with Crippen molar-refractivity contribution in [2.75, 3.05) is 39.6 Å². The lowest BCUT2D eigenvalue weighted by Crippen LogP contribution is -2.49. The fraction of sp³-hybridized carbons (Fsp3) is 0.481. The van der Waals surface area contributed by atoms with E-state index in [1.54, 1.807) is 119 Å². The molecule has 5 rings (SSSR count). The maximum absolute atomic E-state index is 14.3. The Morgan fingerprint density at radius 1 is 0.566 bits per heavy atom. The molecule has 414 valence electrons. The van der Waals surface area contributed by atoms with Crippen LogP contribution in [0.15, 0.2) is 79.1 Å². The van der Waals surface area contributed by atoms with E-state index in [0.29, 0.717) is 38.5 Å². The molecule has 0 fully saturated rings. The zero-order valence-corrected chi connectivity index (χ0v) is 46.0. The van der Waals surface area contributed by atoms with Crippen molar-refractivity contribution in [3.63, 3.8) is 0 Å². The van der Waals surface area contributed by atoms with Crippen molar-refractivity contribution in [1.82, 2.24) is 19.8 Å². The van der Waals surface area contributed by atoms with Crippen LogP contribution in [0.1, 0.15) is 99.8 Å². The van der Waals surface area contributed by atoms with Crippen molar-refractivity contribution in [3.8, 4) is 11.5 Å². The largest absolute Gasteiger partial charge is 0.514 e. The number of benzene rings is 3. The molecule has 2 aromatic heterocycles. The molecule has 0 aliphatic heterocycles. The second-order valence-corrected chi connectivity index (χ2v) is 23.2. The van der Waals surface area contributed by atoms with Crippen LogP contribution in [-0.4, -0.2) is 122 Å². The van der Waals surface area contributed by atoms with Gasteiger partial charge in [0.05, 0.1) is 50.5 Å². The lowest BCUT2D eigenvalue weighted by atomic mass is 10.0. The van der Waals surface area contributed by atoms with Gasteiger partial charge in [0.25, 0.3) is 10.1 Å². The molecule has 0 saturated heterocycles. The highest BCUT2D eigenvalue weighted by atomic mass is 32.2. The van der Waals surface area contributed by atoms with Crippen LogP contribution in [0.25, 0.3) is 21.8 Å². The number of hydrogen-bond acceptors (Lipinski definition) is 17. The van der Waals surface area contributed by atoms with Crippen molar-refractivity contribution >= 4 is 68.2 Å². The van der Waals surface area contributed by atoms with E-state index in [4.69, 9.17) is 42.1 Å². The SMILES string of the molecule is CC(C)(C)OC(=O)Oc1ccc2c(c1)c(CC(=O)N[C@@H](Cc1cn(C(=O)OC(C)(C)C)c3ccc(OC(=O)OC(C)(C)C)cc13)C(=O)NCCOCCOCCOS(=O)(=O)Cc1ccccc1)cn2C(=O)OC(C)(C)C. The van der Waals surface area contributed by atoms with Gasteiger partial charge in [0.15, 0.2) is 0 Å². The lowest BCUT2D eigenvalue weighted by molar-refractivity contribution is -0.128. The highest BCUT2D eigenvalue weighted by Crippen LogP contribution is 2.31. The molecule has 0 bridgehead atoms. The molecule has 0 radical (unpaired) electrons. The van der Waals surface area contributed by atoms with E-state index in [1.807, 2.05) is 0 Å². The van der Waals surface area contributed by atoms with Gasteiger partial charge in [-0.05, 0) is 136 Å². The molecular weight excluding hydrogens is 1010 g/mol. The summed E-state index contributed by atoms with van der Waals surface area (Å²) in [5, 5.41) is 6.33. The van der Waals surface area contributed by atoms with Crippen LogP contribution in [0, 0.1) is 0 Å². The van der Waals surface area contributed by atoms with Crippen LogP contribution in [0.2, 0.25) is 0 Å². The van der Waals surface area contributed by atoms with E-state index in [2.05, 4.69) is 10.6 Å². The highest BCUT2D eigenvalue weighted by molar-refractivity contribution is 7.85. The molecule has 0 spiro atoms. The van der Waals surface area contributed by atoms with Gasteiger partial charge >= 0.3 is 24.5 Å². The normalized spacial score (nSPS) is 12.7. The van der Waals surface area contributed by atoms with Crippen LogP contribution < -0.4 is 20.1 Å². The van der Waals surface area contributed by atoms with Crippen LogP contribution in [0.5, 0.6) is 11.5 Å². The van der Waals surface area contributed by atoms with Crippen LogP contribution in [-0.2, 0) is 70.9 Å². The maximum Gasteiger partial charge on any atom is 0.514 e. The third-order valence-electron chi connectivity index (χ3n) is 10.1. The Labute approximate surface area is 442 Å². The molecule has 3 aromatic carbocycles. The van der Waals surface area contributed by atoms with Crippen molar-refractivity contribution < 1.29 is 79.3 Å². The highest BCUT2D eigenvalue weighted by Gasteiger charge is 2.29. The summed E-state index contributed by atoms with van der Waals surface area (Å²) in [5.41, 5.74) is -1.58. The van der Waals surface area contributed by atoms with E-state index >= 15 is 0 Å². The van der Waals surface area contributed by atoms with Gasteiger partial charge in [-0.15, -0.1) is 0 Å². The summed E-state index contributed by atoms with van der Waals surface area (Å²) < 4.78 is 76.3. The Kier molecular flexibility index (Phi) is 19.9. The topological polar surface area (TPSA) is 254 Å². The fourth-order valence-corrected chi connectivity index (χ4v) is 8.23. The Morgan fingerprint density at radius 2 is 1.03 bits per heavy atom. The smallest absolute Gasteiger partial charge is 0.443 e. The molecule has 2 heterocycles. The molecule has 21 nitrogen and oxygen atoms in total. The second-order valence-electron chi connectivity index (χ2n) is 21.5. The Bertz CT molecular complexity index is 2970. The van der Waals surface area contributed by atoms with Crippen molar-refractivity contribution in [3.05, 3.63) is 95.8 Å². The van der Waals surface area contributed by atoms with E-state index in [1.165, 1.54) is 51.9 Å². The van der Waals surface area contributed by atoms with Crippen molar-refractivity contribution in [1.29, 1.82) is 0 Å². The standard InChI is InChI=1S/C54H70N4O17S/c1-51(2,3)72-47(61)57-32-36(40-30-38(18-20-43(40)57)70-49(63)74-53(7,8)9)28-42(46(60)55-22-23-67-24-25-68-26-27-69-76(65,66)34-35-16-14-13-15-17-35)56-45(59)29-37-33-58(48(62)73-52(4,5)6)44-21-19-39(31-41(37)44)71-50(64)75-54(10,11)12/h13-21,30-33,42H,22-29,34H2,1-12H3,(H,55,60)(H,56,59)/t42-/m0/s1. The number of hydrogen-bond donors (Lipinski definition) is 2. The van der Waals surface area contributed by atoms with E-state index in [0.717, 1.165) is 0 Å². The first-order valence-electron chi connectivity index (χ1n) is 24.5. The molecule has 0 aliphatic carbocycles. The number of carbonyl (C=O) groups is 6. The minimum absolute atomic E-state index is 0.0128. The van der Waals surface area contributed by atoms with Gasteiger partial charge in [-0.1, -0.05) is 30.3 Å². The molecule has 2 amide bonds. The Hall–Kier alpha value is -7.01. The summed E-state index contributed by atoms with van der Waals surface area (Å²) in [6.45, 7) is 20.3. The summed E-state index contributed by atoms with van der Waals surface area (Å²) in [6.07, 6.45) is -1.16. The van der Waals surface area contributed by atoms with Gasteiger partial charge in [-0.2, -0.15) is 8.42 Å². The lowest BCUT2D eigenvalue weighted by Gasteiger charge is -2.20. The van der Waals surface area contributed by atoms with E-state index in [9.17, 15) is 37.2 Å². The molecule has 5 aromatic rings. The second kappa shape index (κ2) is 25.2. The average Bonchev–Trinajstić information content (AvgIpc) is 3.81. The number of nitrogens with zero attached hydrogens (tertiary/aromatic N) is 2. The molecule has 0 aliphatic rings. The summed E-state index contributed by atoms with van der Waals surface area (Å²) in [4.78, 5) is 81.2. The maximum atomic E-state index is 14.3. The third kappa shape index (κ3) is 19.6. The predicted octanol–water partition coefficient (Wildman–Crippen LogP) is 8.76. The number of aromatic nitrogens is 2. The van der Waals surface area contributed by atoms with Gasteiger partial charge in [-0.3, -0.25) is 22.9 Å². The molecule has 0 saturated carbocycles. The summed E-state index contributed by atoms with van der Waals surface area (Å²) in [5.74, 6) is -1.47. The van der Waals surface area contributed by atoms with Crippen molar-refractivity contribution in [2.45, 2.75) is 130 Å². The van der Waals surface area contributed by atoms with Crippen LogP contribution >= 0.6 is 0 Å². The predicted molar refractivity (Wildman–Crippen MR) is 280 cm³/mol. The molecule has 1 atom stereocenters. The van der Waals surface area contributed by atoms with E-state index < -0.39 is 81.3 Å². The monoisotopic (exact) mass is 1080 g/mol. The summed E-state index contributed by atoms with van der Waals surface area (Å²) in [7, 11) is -3.82. The average molecular weight is 1080 g/mol. The number of ether oxygens (including phenoxy) is 8. The minimum atomic E-state index is -3.82. The van der Waals surface area contributed by atoms with Gasteiger partial charge in [-0.25, -0.2) is 19.2 Å². The van der Waals surface area contributed by atoms with Crippen molar-refractivity contribution in [2.24, 2.45) is 0 Å². The number of amides is 2. The van der Waals surface area contributed by atoms with Gasteiger partial charge in [0, 0.05) is 36.1 Å². The number of nitrogens with one attached hydrogen (secondary N) is 2. The van der Waals surface area contributed by atoms with Gasteiger partial charge in [0.1, 0.15) is 45.7 Å². The summed E-state index contributed by atoms with van der Waals surface area (Å²) >= 11 is 0. The number of fused-ring (bicyclic) bond motifs is 2. The third-order valence-corrected chi connectivity index (χ3v) is 11.3. The molecule has 76 heavy (non-hydrogen) atoms. The van der Waals surface area contributed by atoms with E-state index in [-0.39, 0.29) is 63.3 Å².